The molecule has 0 aromatic heterocycles. The van der Waals surface area contributed by atoms with Crippen LogP contribution >= 0.6 is 0 Å². The minimum atomic E-state index is -0.730. The molecule has 0 amide bonds. The van der Waals surface area contributed by atoms with E-state index in [4.69, 9.17) is 0 Å². The molecule has 3 rings (SSSR count). The van der Waals surface area contributed by atoms with Crippen LogP contribution in [0.5, 0.6) is 0 Å². The van der Waals surface area contributed by atoms with Crippen molar-refractivity contribution in [3.05, 3.63) is 83.4 Å². The monoisotopic (exact) mass is 364 g/mol. The van der Waals surface area contributed by atoms with Gasteiger partial charge in [0.15, 0.2) is 11.6 Å². The van der Waals surface area contributed by atoms with Crippen LogP contribution in [-0.2, 0) is 12.8 Å². The molecule has 0 fully saturated rings. The van der Waals surface area contributed by atoms with E-state index in [1.54, 1.807) is 0 Å². The first-order chi connectivity index (χ1) is 13.2. The first-order valence-corrected chi connectivity index (χ1v) is 9.81. The fourth-order valence-electron chi connectivity index (χ4n) is 3.54. The summed E-state index contributed by atoms with van der Waals surface area (Å²) in [5.74, 6) is -1.40. The van der Waals surface area contributed by atoms with Crippen molar-refractivity contribution in [2.75, 3.05) is 0 Å². The number of rotatable bonds is 7. The maximum absolute atomic E-state index is 14.8. The number of hydrogen-bond donors (Lipinski definition) is 0. The topological polar surface area (TPSA) is 0 Å². The van der Waals surface area contributed by atoms with Gasteiger partial charge in [0, 0.05) is 5.56 Å². The van der Waals surface area contributed by atoms with E-state index in [1.807, 2.05) is 67.6 Å². The van der Waals surface area contributed by atoms with Crippen molar-refractivity contribution in [1.82, 2.24) is 0 Å². The van der Waals surface area contributed by atoms with Gasteiger partial charge in [-0.3, -0.25) is 0 Å². The summed E-state index contributed by atoms with van der Waals surface area (Å²) in [4.78, 5) is 0. The highest BCUT2D eigenvalue weighted by molar-refractivity contribution is 5.71. The van der Waals surface area contributed by atoms with Crippen LogP contribution in [0.1, 0.15) is 44.2 Å². The molecule has 0 aliphatic rings. The van der Waals surface area contributed by atoms with Gasteiger partial charge in [0.1, 0.15) is 0 Å². The van der Waals surface area contributed by atoms with Crippen LogP contribution in [0.2, 0.25) is 0 Å². The lowest BCUT2D eigenvalue weighted by atomic mass is 9.93. The van der Waals surface area contributed by atoms with Crippen molar-refractivity contribution in [3.8, 4) is 22.3 Å². The van der Waals surface area contributed by atoms with Crippen molar-refractivity contribution < 1.29 is 8.78 Å². The Morgan fingerprint density at radius 1 is 0.704 bits per heavy atom. The zero-order chi connectivity index (χ0) is 19.2. The molecule has 0 N–H and O–H groups in total. The standard InChI is InChI=1S/C25H26F2/c1-3-5-7-12-22-18(4-2)17-23(25(27)24(22)26)21-15-13-20(14-16-21)19-10-8-6-9-11-19/h6,8-11,13-17H,3-5,7,12H2,1-2H3. The van der Waals surface area contributed by atoms with Crippen molar-refractivity contribution in [3.63, 3.8) is 0 Å². The Hall–Kier alpha value is -2.48. The molecule has 140 valence electrons. The Labute approximate surface area is 160 Å². The van der Waals surface area contributed by atoms with E-state index in [1.165, 1.54) is 0 Å². The van der Waals surface area contributed by atoms with Crippen LogP contribution in [-0.4, -0.2) is 0 Å². The lowest BCUT2D eigenvalue weighted by Crippen LogP contribution is -2.03. The molecule has 3 aromatic carbocycles. The molecule has 0 unspecified atom stereocenters. The average molecular weight is 364 g/mol. The second-order valence-electron chi connectivity index (χ2n) is 6.94. The lowest BCUT2D eigenvalue weighted by molar-refractivity contribution is 0.496. The Kier molecular flexibility index (Phi) is 6.39. The fraction of sp³-hybridized carbons (Fsp3) is 0.280. The Morgan fingerprint density at radius 2 is 1.33 bits per heavy atom. The Bertz CT molecular complexity index is 880. The molecule has 2 heteroatoms. The highest BCUT2D eigenvalue weighted by Gasteiger charge is 2.18. The number of benzene rings is 3. The first-order valence-electron chi connectivity index (χ1n) is 9.81. The van der Waals surface area contributed by atoms with Gasteiger partial charge >= 0.3 is 0 Å². The smallest absolute Gasteiger partial charge is 0.166 e. The molecule has 0 saturated carbocycles. The molecular formula is C25H26F2. The highest BCUT2D eigenvalue weighted by atomic mass is 19.2. The zero-order valence-electron chi connectivity index (χ0n) is 16.1. The van der Waals surface area contributed by atoms with E-state index >= 15 is 0 Å². The van der Waals surface area contributed by atoms with Crippen LogP contribution in [0.4, 0.5) is 8.78 Å². The Balaban J connectivity index is 1.95. The van der Waals surface area contributed by atoms with Gasteiger partial charge in [0.05, 0.1) is 0 Å². The number of hydrogen-bond acceptors (Lipinski definition) is 0. The summed E-state index contributed by atoms with van der Waals surface area (Å²) in [5.41, 5.74) is 4.69. The van der Waals surface area contributed by atoms with Crippen molar-refractivity contribution in [2.24, 2.45) is 0 Å². The van der Waals surface area contributed by atoms with Gasteiger partial charge in [-0.05, 0) is 53.1 Å². The second kappa shape index (κ2) is 8.94. The van der Waals surface area contributed by atoms with Crippen LogP contribution in [0.15, 0.2) is 60.7 Å². The van der Waals surface area contributed by atoms with Crippen LogP contribution in [0, 0.1) is 11.6 Å². The normalized spacial score (nSPS) is 11.0. The summed E-state index contributed by atoms with van der Waals surface area (Å²) in [6, 6.07) is 19.5. The number of unbranched alkanes of at least 4 members (excludes halogenated alkanes) is 2. The number of halogens is 2. The zero-order valence-corrected chi connectivity index (χ0v) is 16.1. The van der Waals surface area contributed by atoms with Gasteiger partial charge in [-0.15, -0.1) is 0 Å². The van der Waals surface area contributed by atoms with Crippen molar-refractivity contribution in [1.29, 1.82) is 0 Å². The molecule has 0 spiro atoms. The molecule has 0 saturated heterocycles. The first kappa shape index (κ1) is 19.3. The minimum absolute atomic E-state index is 0.350. The highest BCUT2D eigenvalue weighted by Crippen LogP contribution is 2.32. The van der Waals surface area contributed by atoms with E-state index in [0.29, 0.717) is 29.5 Å². The maximum atomic E-state index is 14.8. The number of aryl methyl sites for hydroxylation is 1. The van der Waals surface area contributed by atoms with Gasteiger partial charge in [0.25, 0.3) is 0 Å². The molecule has 0 aliphatic heterocycles. The summed E-state index contributed by atoms with van der Waals surface area (Å²) in [6.07, 6.45) is 4.30. The molecule has 0 aliphatic carbocycles. The van der Waals surface area contributed by atoms with Gasteiger partial charge in [-0.2, -0.15) is 0 Å². The molecule has 0 atom stereocenters. The summed E-state index contributed by atoms with van der Waals surface area (Å²) in [7, 11) is 0. The van der Waals surface area contributed by atoms with E-state index in [2.05, 4.69) is 6.92 Å². The molecule has 0 heterocycles. The second-order valence-corrected chi connectivity index (χ2v) is 6.94. The van der Waals surface area contributed by atoms with Gasteiger partial charge in [0.2, 0.25) is 0 Å². The third-order valence-electron chi connectivity index (χ3n) is 5.11. The van der Waals surface area contributed by atoms with Crippen LogP contribution in [0.3, 0.4) is 0 Å². The molecule has 27 heavy (non-hydrogen) atoms. The summed E-state index contributed by atoms with van der Waals surface area (Å²) in [5, 5.41) is 0. The van der Waals surface area contributed by atoms with E-state index in [-0.39, 0.29) is 0 Å². The summed E-state index contributed by atoms with van der Waals surface area (Å²) in [6.45, 7) is 4.11. The van der Waals surface area contributed by atoms with E-state index < -0.39 is 11.6 Å². The molecule has 3 aromatic rings. The average Bonchev–Trinajstić information content (AvgIpc) is 2.72. The van der Waals surface area contributed by atoms with Crippen LogP contribution < -0.4 is 0 Å². The lowest BCUT2D eigenvalue weighted by Gasteiger charge is -2.14. The summed E-state index contributed by atoms with van der Waals surface area (Å²) >= 11 is 0. The quantitative estimate of drug-likeness (QED) is 0.379. The van der Waals surface area contributed by atoms with Gasteiger partial charge in [-0.1, -0.05) is 81.3 Å². The third kappa shape index (κ3) is 4.27. The van der Waals surface area contributed by atoms with E-state index in [0.717, 1.165) is 36.0 Å². The predicted octanol–water partition coefficient (Wildman–Crippen LogP) is 7.59. The predicted molar refractivity (Wildman–Crippen MR) is 110 cm³/mol. The van der Waals surface area contributed by atoms with E-state index in [9.17, 15) is 8.78 Å². The third-order valence-corrected chi connectivity index (χ3v) is 5.11. The van der Waals surface area contributed by atoms with Gasteiger partial charge in [-0.25, -0.2) is 8.78 Å². The van der Waals surface area contributed by atoms with Crippen molar-refractivity contribution in [2.45, 2.75) is 46.0 Å². The molecule has 0 nitrogen and oxygen atoms in total. The minimum Gasteiger partial charge on any atom is -0.203 e. The molecular weight excluding hydrogens is 338 g/mol. The largest absolute Gasteiger partial charge is 0.203 e. The Morgan fingerprint density at radius 3 is 1.96 bits per heavy atom. The molecule has 0 radical (unpaired) electrons. The summed E-state index contributed by atoms with van der Waals surface area (Å²) < 4.78 is 29.6. The van der Waals surface area contributed by atoms with Crippen LogP contribution in [0.25, 0.3) is 22.3 Å². The SMILES string of the molecule is CCCCCc1c(CC)cc(-c2ccc(-c3ccccc3)cc2)c(F)c1F. The fourth-order valence-corrected chi connectivity index (χ4v) is 3.54. The maximum Gasteiger partial charge on any atom is 0.166 e. The van der Waals surface area contributed by atoms with Crippen molar-refractivity contribution >= 4 is 0 Å². The molecule has 0 bridgehead atoms. The van der Waals surface area contributed by atoms with Gasteiger partial charge < -0.3 is 0 Å².